The number of ether oxygens (including phenoxy) is 2. The number of phenolic OH excluding ortho intramolecular Hbond substituents is 1. The van der Waals surface area contributed by atoms with Gasteiger partial charge in [0, 0.05) is 0 Å². The van der Waals surface area contributed by atoms with Crippen LogP contribution >= 0.6 is 0 Å². The highest BCUT2D eigenvalue weighted by Crippen LogP contribution is 2.26. The van der Waals surface area contributed by atoms with Crippen LogP contribution in [0.4, 0.5) is 0 Å². The summed E-state index contributed by atoms with van der Waals surface area (Å²) in [5.74, 6) is -1.13. The lowest BCUT2D eigenvalue weighted by molar-refractivity contribution is 0.0163. The van der Waals surface area contributed by atoms with Crippen LogP contribution in [0.1, 0.15) is 84.9 Å². The number of hydrogen-bond acceptors (Lipinski definition) is 5. The van der Waals surface area contributed by atoms with Crippen molar-refractivity contribution in [3.05, 3.63) is 29.3 Å². The first-order chi connectivity index (χ1) is 12.1. The Hall–Kier alpha value is -2.04. The number of rotatable bonds is 4. The van der Waals surface area contributed by atoms with Crippen LogP contribution in [0.2, 0.25) is 0 Å². The molecule has 5 heteroatoms. The number of phenols is 1. The van der Waals surface area contributed by atoms with Crippen LogP contribution in [0, 0.1) is 0 Å². The Morgan fingerprint density at radius 3 is 1.76 bits per heavy atom. The Balaban J connectivity index is 1.72. The van der Waals surface area contributed by atoms with Crippen LogP contribution < -0.4 is 0 Å². The van der Waals surface area contributed by atoms with Crippen molar-refractivity contribution in [2.24, 2.45) is 0 Å². The molecule has 1 aromatic carbocycles. The van der Waals surface area contributed by atoms with Crippen molar-refractivity contribution in [1.29, 1.82) is 0 Å². The average molecular weight is 346 g/mol. The molecule has 0 saturated heterocycles. The summed E-state index contributed by atoms with van der Waals surface area (Å²) < 4.78 is 11.1. The van der Waals surface area contributed by atoms with Crippen molar-refractivity contribution in [3.63, 3.8) is 0 Å². The molecule has 2 fully saturated rings. The maximum absolute atomic E-state index is 12.5. The zero-order chi connectivity index (χ0) is 17.6. The number of carbonyl (C=O) groups excluding carboxylic acids is 2. The van der Waals surface area contributed by atoms with Gasteiger partial charge in [0.15, 0.2) is 0 Å². The lowest BCUT2D eigenvalue weighted by Crippen LogP contribution is -2.25. The maximum atomic E-state index is 12.5. The summed E-state index contributed by atoms with van der Waals surface area (Å²) in [5, 5.41) is 9.74. The molecular formula is C20H26O5. The molecule has 0 heterocycles. The fourth-order valence-corrected chi connectivity index (χ4v) is 3.67. The highest BCUT2D eigenvalue weighted by Gasteiger charge is 2.26. The minimum atomic E-state index is -0.557. The molecule has 1 aromatic rings. The predicted molar refractivity (Wildman–Crippen MR) is 92.7 cm³/mol. The molecule has 0 spiro atoms. The molecule has 5 nitrogen and oxygen atoms in total. The molecule has 2 saturated carbocycles. The fraction of sp³-hybridized carbons (Fsp3) is 0.600. The SMILES string of the molecule is O=C(OC1CCCCC1)c1ccc(O)cc1C(=O)OC1CCCCC1. The van der Waals surface area contributed by atoms with Crippen LogP contribution in [-0.2, 0) is 9.47 Å². The monoisotopic (exact) mass is 346 g/mol. The van der Waals surface area contributed by atoms with E-state index >= 15 is 0 Å². The lowest BCUT2D eigenvalue weighted by atomic mass is 9.97. The number of aromatic hydroxyl groups is 1. The molecule has 1 N–H and O–H groups in total. The van der Waals surface area contributed by atoms with E-state index in [9.17, 15) is 14.7 Å². The summed E-state index contributed by atoms with van der Waals surface area (Å²) >= 11 is 0. The number of carbonyl (C=O) groups is 2. The van der Waals surface area contributed by atoms with Crippen LogP contribution in [0.15, 0.2) is 18.2 Å². The summed E-state index contributed by atoms with van der Waals surface area (Å²) in [7, 11) is 0. The topological polar surface area (TPSA) is 72.8 Å². The van der Waals surface area contributed by atoms with Gasteiger partial charge >= 0.3 is 11.9 Å². The van der Waals surface area contributed by atoms with Crippen LogP contribution in [0.3, 0.4) is 0 Å². The summed E-state index contributed by atoms with van der Waals surface area (Å²) in [5.41, 5.74) is 0.260. The first-order valence-electron chi connectivity index (χ1n) is 9.38. The van der Waals surface area contributed by atoms with E-state index in [4.69, 9.17) is 9.47 Å². The minimum Gasteiger partial charge on any atom is -0.508 e. The van der Waals surface area contributed by atoms with Gasteiger partial charge in [0.1, 0.15) is 18.0 Å². The van der Waals surface area contributed by atoms with Crippen LogP contribution in [0.5, 0.6) is 5.75 Å². The van der Waals surface area contributed by atoms with E-state index in [2.05, 4.69) is 0 Å². The van der Waals surface area contributed by atoms with E-state index in [0.29, 0.717) is 0 Å². The van der Waals surface area contributed by atoms with Crippen molar-refractivity contribution in [2.75, 3.05) is 0 Å². The second kappa shape index (κ2) is 8.37. The van der Waals surface area contributed by atoms with E-state index in [1.807, 2.05) is 0 Å². The van der Waals surface area contributed by atoms with Gasteiger partial charge in [-0.15, -0.1) is 0 Å². The lowest BCUT2D eigenvalue weighted by Gasteiger charge is -2.23. The van der Waals surface area contributed by atoms with Crippen molar-refractivity contribution < 1.29 is 24.2 Å². The average Bonchev–Trinajstić information content (AvgIpc) is 2.63. The molecule has 0 aromatic heterocycles. The first kappa shape index (κ1) is 17.8. The third-order valence-electron chi connectivity index (χ3n) is 5.09. The maximum Gasteiger partial charge on any atom is 0.339 e. The van der Waals surface area contributed by atoms with E-state index in [-0.39, 0.29) is 29.1 Å². The largest absolute Gasteiger partial charge is 0.508 e. The van der Waals surface area contributed by atoms with Gasteiger partial charge in [-0.25, -0.2) is 9.59 Å². The van der Waals surface area contributed by atoms with Gasteiger partial charge in [-0.2, -0.15) is 0 Å². The van der Waals surface area contributed by atoms with Crippen molar-refractivity contribution >= 4 is 11.9 Å². The smallest absolute Gasteiger partial charge is 0.339 e. The third kappa shape index (κ3) is 4.74. The van der Waals surface area contributed by atoms with Gasteiger partial charge in [0.2, 0.25) is 0 Å². The third-order valence-corrected chi connectivity index (χ3v) is 5.09. The summed E-state index contributed by atoms with van der Waals surface area (Å²) in [6.07, 6.45) is 9.81. The number of esters is 2. The molecule has 136 valence electrons. The van der Waals surface area contributed by atoms with E-state index in [0.717, 1.165) is 51.4 Å². The standard InChI is InChI=1S/C20H26O5/c21-14-11-12-17(19(22)24-15-7-3-1-4-8-15)18(13-14)20(23)25-16-9-5-2-6-10-16/h11-13,15-16,21H,1-10H2. The van der Waals surface area contributed by atoms with Gasteiger partial charge in [-0.05, 0) is 69.6 Å². The Bertz CT molecular complexity index is 613. The molecule has 0 unspecified atom stereocenters. The van der Waals surface area contributed by atoms with Gasteiger partial charge in [-0.1, -0.05) is 12.8 Å². The first-order valence-corrected chi connectivity index (χ1v) is 9.38. The van der Waals surface area contributed by atoms with Crippen molar-refractivity contribution in [1.82, 2.24) is 0 Å². The Morgan fingerprint density at radius 2 is 1.24 bits per heavy atom. The molecule has 0 radical (unpaired) electrons. The molecule has 0 atom stereocenters. The quantitative estimate of drug-likeness (QED) is 0.820. The highest BCUT2D eigenvalue weighted by atomic mass is 16.5. The second-order valence-corrected chi connectivity index (χ2v) is 7.06. The molecule has 25 heavy (non-hydrogen) atoms. The van der Waals surface area contributed by atoms with E-state index in [1.54, 1.807) is 0 Å². The summed E-state index contributed by atoms with van der Waals surface area (Å²) in [6.45, 7) is 0. The highest BCUT2D eigenvalue weighted by molar-refractivity contribution is 6.03. The molecule has 3 rings (SSSR count). The second-order valence-electron chi connectivity index (χ2n) is 7.06. The van der Waals surface area contributed by atoms with Gasteiger partial charge in [0.05, 0.1) is 11.1 Å². The zero-order valence-corrected chi connectivity index (χ0v) is 14.5. The molecule has 0 aliphatic heterocycles. The molecule has 2 aliphatic carbocycles. The number of benzene rings is 1. The Kier molecular flexibility index (Phi) is 5.95. The molecule has 0 bridgehead atoms. The summed E-state index contributed by atoms with van der Waals surface area (Å²) in [6, 6.07) is 4.13. The van der Waals surface area contributed by atoms with Crippen molar-refractivity contribution in [2.45, 2.75) is 76.4 Å². The fourth-order valence-electron chi connectivity index (χ4n) is 3.67. The number of hydrogen-bond donors (Lipinski definition) is 1. The van der Waals surface area contributed by atoms with E-state index in [1.165, 1.54) is 31.0 Å². The van der Waals surface area contributed by atoms with E-state index < -0.39 is 11.9 Å². The Labute approximate surface area is 148 Å². The van der Waals surface area contributed by atoms with Crippen LogP contribution in [0.25, 0.3) is 0 Å². The predicted octanol–water partition coefficient (Wildman–Crippen LogP) is 4.37. The van der Waals surface area contributed by atoms with Gasteiger partial charge in [0.25, 0.3) is 0 Å². The Morgan fingerprint density at radius 1 is 0.760 bits per heavy atom. The molecular weight excluding hydrogens is 320 g/mol. The molecule has 2 aliphatic rings. The van der Waals surface area contributed by atoms with Gasteiger partial charge in [-0.3, -0.25) is 0 Å². The zero-order valence-electron chi connectivity index (χ0n) is 14.5. The van der Waals surface area contributed by atoms with Crippen molar-refractivity contribution in [3.8, 4) is 5.75 Å². The minimum absolute atomic E-state index is 0.0650. The summed E-state index contributed by atoms with van der Waals surface area (Å²) in [4.78, 5) is 25.1. The molecule has 0 amide bonds. The normalized spacial score (nSPS) is 19.4. The van der Waals surface area contributed by atoms with Crippen LogP contribution in [-0.4, -0.2) is 29.3 Å². The van der Waals surface area contributed by atoms with Gasteiger partial charge < -0.3 is 14.6 Å².